The number of carbonyl (C=O) groups is 2. The lowest BCUT2D eigenvalue weighted by atomic mass is 10.1. The molecule has 5 N–H and O–H groups in total. The molecule has 4 atom stereocenters. The molecule has 3 rings (SSSR count). The molecule has 0 radical (unpaired) electrons. The minimum Gasteiger partial charge on any atom is -0.489 e. The molecule has 1 aliphatic rings. The van der Waals surface area contributed by atoms with Crippen molar-refractivity contribution in [3.63, 3.8) is 0 Å². The highest BCUT2D eigenvalue weighted by atomic mass is 19.4. The molecule has 41 heavy (non-hydrogen) atoms. The first-order valence-corrected chi connectivity index (χ1v) is 12.7. The van der Waals surface area contributed by atoms with Gasteiger partial charge < -0.3 is 35.3 Å². The Morgan fingerprint density at radius 2 is 2.10 bits per heavy atom. The molecule has 226 valence electrons. The number of H-pyrrole nitrogens is 1. The average molecular weight is 588 g/mol. The van der Waals surface area contributed by atoms with Crippen molar-refractivity contribution in [1.82, 2.24) is 30.2 Å². The van der Waals surface area contributed by atoms with Gasteiger partial charge in [-0.25, -0.2) is 4.98 Å². The van der Waals surface area contributed by atoms with E-state index in [1.165, 1.54) is 17.0 Å². The molecule has 0 aliphatic carbocycles. The normalized spacial score (nSPS) is 20.0. The number of allylic oxidation sites excluding steroid dienone is 2. The third-order valence-electron chi connectivity index (χ3n) is 5.92. The predicted molar refractivity (Wildman–Crippen MR) is 138 cm³/mol. The number of hydrogen-bond acceptors (Lipinski definition) is 10. The first kappa shape index (κ1) is 31.6. The summed E-state index contributed by atoms with van der Waals surface area (Å²) in [7, 11) is 0. The Labute approximate surface area is 232 Å². The van der Waals surface area contributed by atoms with Gasteiger partial charge in [0.2, 0.25) is 11.9 Å². The van der Waals surface area contributed by atoms with Crippen molar-refractivity contribution in [1.29, 1.82) is 0 Å². The Morgan fingerprint density at radius 1 is 1.37 bits per heavy atom. The fourth-order valence-corrected chi connectivity index (χ4v) is 3.90. The lowest BCUT2D eigenvalue weighted by molar-refractivity contribution is -0.173. The number of aliphatic hydroxyl groups is 1. The minimum absolute atomic E-state index is 0.00472. The van der Waals surface area contributed by atoms with E-state index < -0.39 is 55.3 Å². The van der Waals surface area contributed by atoms with Gasteiger partial charge in [-0.15, -0.1) is 0 Å². The summed E-state index contributed by atoms with van der Waals surface area (Å²) in [6.07, 6.45) is -2.45. The number of anilines is 1. The molecular weight excluding hydrogens is 555 g/mol. The predicted octanol–water partition coefficient (Wildman–Crippen LogP) is 0.834. The van der Waals surface area contributed by atoms with E-state index in [0.717, 1.165) is 0 Å². The van der Waals surface area contributed by atoms with Crippen LogP contribution in [0.5, 0.6) is 0 Å². The Kier molecular flexibility index (Phi) is 10.8. The smallest absolute Gasteiger partial charge is 0.471 e. The number of carbonyl (C=O) groups excluding carboxylic acids is 2. The molecule has 2 aromatic heterocycles. The average Bonchev–Trinajstić information content (AvgIpc) is 3.53. The van der Waals surface area contributed by atoms with Crippen LogP contribution in [0.4, 0.5) is 19.1 Å². The first-order chi connectivity index (χ1) is 19.5. The van der Waals surface area contributed by atoms with Crippen LogP contribution < -0.4 is 21.5 Å². The Bertz CT molecular complexity index is 1310. The molecule has 2 amide bonds. The standard InChI is InChI=1S/C24H32F3N7O7/c1-4-13(5-2)39-11-17(36)31-23-32-19-18(20(37)33-23)30-12-34(19)21-15(9-14(6-3)41-21)40-10-16(35)28-7-8-29-22(38)24(25,26)27/h4-5,12,14-15,17,21,36H,1,6-11H2,2-3H3,(H,28,35)(H,29,38)(H2,31,32,33,37)/b13-5+/t14-,15+,17?,21-/m1/s1. The Hall–Kier alpha value is -3.96. The number of aliphatic hydroxyl groups excluding tert-OH is 1. The number of ether oxygens (including phenoxy) is 3. The molecule has 0 saturated carbocycles. The molecule has 0 bridgehead atoms. The van der Waals surface area contributed by atoms with E-state index >= 15 is 0 Å². The summed E-state index contributed by atoms with van der Waals surface area (Å²) < 4.78 is 55.4. The summed E-state index contributed by atoms with van der Waals surface area (Å²) in [6, 6.07) is 0. The third kappa shape index (κ3) is 8.51. The second-order valence-electron chi connectivity index (χ2n) is 8.85. The summed E-state index contributed by atoms with van der Waals surface area (Å²) in [5.41, 5.74) is -0.445. The Balaban J connectivity index is 1.66. The summed E-state index contributed by atoms with van der Waals surface area (Å²) >= 11 is 0. The molecule has 2 aromatic rings. The van der Waals surface area contributed by atoms with E-state index in [0.29, 0.717) is 18.6 Å². The molecule has 14 nitrogen and oxygen atoms in total. The van der Waals surface area contributed by atoms with Crippen LogP contribution in [0, 0.1) is 0 Å². The van der Waals surface area contributed by atoms with Gasteiger partial charge in [0, 0.05) is 19.5 Å². The van der Waals surface area contributed by atoms with Crippen LogP contribution in [-0.4, -0.2) is 87.4 Å². The number of rotatable bonds is 14. The van der Waals surface area contributed by atoms with Crippen molar-refractivity contribution in [2.75, 3.05) is 31.6 Å². The molecule has 1 fully saturated rings. The molecule has 1 unspecified atom stereocenters. The Morgan fingerprint density at radius 3 is 2.76 bits per heavy atom. The summed E-state index contributed by atoms with van der Waals surface area (Å²) in [5, 5.41) is 16.9. The number of imidazole rings is 1. The van der Waals surface area contributed by atoms with Crippen LogP contribution in [-0.2, 0) is 23.8 Å². The molecule has 0 aromatic carbocycles. The van der Waals surface area contributed by atoms with Crippen molar-refractivity contribution < 1.29 is 42.1 Å². The zero-order valence-corrected chi connectivity index (χ0v) is 22.4. The lowest BCUT2D eigenvalue weighted by Crippen LogP contribution is -2.42. The van der Waals surface area contributed by atoms with E-state index in [1.807, 2.05) is 6.92 Å². The van der Waals surface area contributed by atoms with Gasteiger partial charge in [-0.1, -0.05) is 13.5 Å². The van der Waals surface area contributed by atoms with Gasteiger partial charge in [0.25, 0.3) is 5.56 Å². The van der Waals surface area contributed by atoms with E-state index in [1.54, 1.807) is 18.3 Å². The monoisotopic (exact) mass is 587 g/mol. The van der Waals surface area contributed by atoms with Crippen molar-refractivity contribution >= 4 is 28.9 Å². The fourth-order valence-electron chi connectivity index (χ4n) is 3.90. The second kappa shape index (κ2) is 14.1. The van der Waals surface area contributed by atoms with Crippen LogP contribution in [0.25, 0.3) is 11.2 Å². The van der Waals surface area contributed by atoms with Crippen molar-refractivity contribution in [3.8, 4) is 0 Å². The fraction of sp³-hybridized carbons (Fsp3) is 0.542. The first-order valence-electron chi connectivity index (χ1n) is 12.7. The van der Waals surface area contributed by atoms with E-state index in [2.05, 4.69) is 32.2 Å². The zero-order valence-electron chi connectivity index (χ0n) is 22.4. The van der Waals surface area contributed by atoms with Gasteiger partial charge in [-0.2, -0.15) is 18.2 Å². The van der Waals surface area contributed by atoms with E-state index in [4.69, 9.17) is 14.2 Å². The van der Waals surface area contributed by atoms with Crippen LogP contribution in [0.15, 0.2) is 35.6 Å². The lowest BCUT2D eigenvalue weighted by Gasteiger charge is -2.21. The maximum atomic E-state index is 12.6. The number of aromatic nitrogens is 4. The van der Waals surface area contributed by atoms with Gasteiger partial charge in [0.15, 0.2) is 23.6 Å². The number of amides is 2. The van der Waals surface area contributed by atoms with Gasteiger partial charge in [0.1, 0.15) is 25.1 Å². The van der Waals surface area contributed by atoms with E-state index in [-0.39, 0.29) is 36.4 Å². The molecule has 1 aliphatic heterocycles. The molecule has 17 heteroatoms. The maximum Gasteiger partial charge on any atom is 0.471 e. The van der Waals surface area contributed by atoms with Crippen LogP contribution in [0.2, 0.25) is 0 Å². The third-order valence-corrected chi connectivity index (χ3v) is 5.92. The van der Waals surface area contributed by atoms with Gasteiger partial charge in [-0.05, 0) is 25.5 Å². The van der Waals surface area contributed by atoms with Gasteiger partial charge >= 0.3 is 12.1 Å². The van der Waals surface area contributed by atoms with Gasteiger partial charge in [0.05, 0.1) is 12.4 Å². The minimum atomic E-state index is -5.01. The number of nitrogens with one attached hydrogen (secondary N) is 4. The van der Waals surface area contributed by atoms with Crippen LogP contribution >= 0.6 is 0 Å². The molecule has 3 heterocycles. The van der Waals surface area contributed by atoms with Crippen molar-refractivity contribution in [3.05, 3.63) is 41.2 Å². The zero-order chi connectivity index (χ0) is 30.2. The molecule has 1 saturated heterocycles. The highest BCUT2D eigenvalue weighted by Crippen LogP contribution is 2.34. The number of alkyl halides is 3. The van der Waals surface area contributed by atoms with Crippen LogP contribution in [0.3, 0.4) is 0 Å². The number of fused-ring (bicyclic) bond motifs is 1. The summed E-state index contributed by atoms with van der Waals surface area (Å²) in [5.74, 6) is -2.32. The summed E-state index contributed by atoms with van der Waals surface area (Å²) in [4.78, 5) is 46.6. The molecular formula is C24H32F3N7O7. The number of aromatic amines is 1. The summed E-state index contributed by atoms with van der Waals surface area (Å²) in [6.45, 7) is 5.98. The highest BCUT2D eigenvalue weighted by molar-refractivity contribution is 5.81. The second-order valence-corrected chi connectivity index (χ2v) is 8.85. The largest absolute Gasteiger partial charge is 0.489 e. The number of halogens is 3. The van der Waals surface area contributed by atoms with Crippen LogP contribution in [0.1, 0.15) is 32.9 Å². The number of nitrogens with zero attached hydrogens (tertiary/aromatic N) is 3. The quantitative estimate of drug-likeness (QED) is 0.0919. The SMILES string of the molecule is C=C/C(=C\C)OCC(O)Nc1nc2c(ncn2[C@@H]2O[C@H](CC)C[C@@H]2OCC(=O)NCCNC(=O)C(F)(F)F)c(=O)[nH]1. The van der Waals surface area contributed by atoms with Crippen molar-refractivity contribution in [2.45, 2.75) is 57.5 Å². The van der Waals surface area contributed by atoms with Crippen molar-refractivity contribution in [2.24, 2.45) is 0 Å². The van der Waals surface area contributed by atoms with Gasteiger partial charge in [-0.3, -0.25) is 23.9 Å². The highest BCUT2D eigenvalue weighted by Gasteiger charge is 2.39. The maximum absolute atomic E-state index is 12.6. The number of hydrogen-bond donors (Lipinski definition) is 5. The topological polar surface area (TPSA) is 182 Å². The molecule has 0 spiro atoms. The van der Waals surface area contributed by atoms with E-state index in [9.17, 15) is 32.7 Å².